The SMILES string of the molecule is CCNC(=NCc1ccc(N2CCSCC2)cc1)NCc1nc(C)c(C)s1.I. The number of thioether (sulfide) groups is 1. The molecule has 0 aliphatic carbocycles. The number of nitrogens with zero attached hydrogens (tertiary/aromatic N) is 3. The molecule has 1 saturated heterocycles. The number of aliphatic imine (C=N–C) groups is 1. The average Bonchev–Trinajstić information content (AvgIpc) is 3.03. The molecular weight excluding hydrogens is 501 g/mol. The van der Waals surface area contributed by atoms with Gasteiger partial charge in [-0.05, 0) is 38.5 Å². The number of benzene rings is 1. The van der Waals surface area contributed by atoms with Crippen LogP contribution < -0.4 is 15.5 Å². The molecule has 154 valence electrons. The number of guanidine groups is 1. The number of aromatic nitrogens is 1. The van der Waals surface area contributed by atoms with Gasteiger partial charge in [-0.15, -0.1) is 35.3 Å². The Morgan fingerprint density at radius 2 is 1.86 bits per heavy atom. The highest BCUT2D eigenvalue weighted by Crippen LogP contribution is 2.20. The van der Waals surface area contributed by atoms with Gasteiger partial charge in [0, 0.05) is 41.7 Å². The summed E-state index contributed by atoms with van der Waals surface area (Å²) < 4.78 is 0. The van der Waals surface area contributed by atoms with E-state index in [9.17, 15) is 0 Å². The maximum atomic E-state index is 4.72. The highest BCUT2D eigenvalue weighted by molar-refractivity contribution is 14.0. The van der Waals surface area contributed by atoms with Crippen molar-refractivity contribution in [2.45, 2.75) is 33.9 Å². The van der Waals surface area contributed by atoms with E-state index in [1.807, 2.05) is 11.8 Å². The van der Waals surface area contributed by atoms with Crippen LogP contribution in [0.15, 0.2) is 29.3 Å². The zero-order valence-electron chi connectivity index (χ0n) is 16.8. The Morgan fingerprint density at radius 1 is 1.14 bits per heavy atom. The van der Waals surface area contributed by atoms with Crippen LogP contribution in [-0.2, 0) is 13.1 Å². The van der Waals surface area contributed by atoms with Crippen LogP contribution in [-0.4, -0.2) is 42.1 Å². The molecule has 2 aromatic rings. The van der Waals surface area contributed by atoms with Crippen molar-refractivity contribution in [1.29, 1.82) is 0 Å². The fourth-order valence-electron chi connectivity index (χ4n) is 2.92. The first kappa shape index (κ1) is 23.3. The lowest BCUT2D eigenvalue weighted by Crippen LogP contribution is -2.36. The molecule has 2 heterocycles. The molecule has 1 fully saturated rings. The van der Waals surface area contributed by atoms with Crippen LogP contribution in [0, 0.1) is 13.8 Å². The zero-order chi connectivity index (χ0) is 19.1. The van der Waals surface area contributed by atoms with Gasteiger partial charge in [-0.1, -0.05) is 12.1 Å². The van der Waals surface area contributed by atoms with Crippen LogP contribution in [0.4, 0.5) is 5.69 Å². The predicted molar refractivity (Wildman–Crippen MR) is 135 cm³/mol. The number of aryl methyl sites for hydroxylation is 2. The van der Waals surface area contributed by atoms with E-state index in [-0.39, 0.29) is 24.0 Å². The molecular formula is C20H30IN5S2. The van der Waals surface area contributed by atoms with Crippen molar-refractivity contribution in [2.24, 2.45) is 4.99 Å². The van der Waals surface area contributed by atoms with E-state index in [2.05, 4.69) is 65.6 Å². The number of hydrogen-bond acceptors (Lipinski definition) is 5. The molecule has 8 heteroatoms. The Balaban J connectivity index is 0.00000280. The normalized spacial score (nSPS) is 14.5. The third kappa shape index (κ3) is 6.81. The number of anilines is 1. The first-order chi connectivity index (χ1) is 13.2. The van der Waals surface area contributed by atoms with E-state index < -0.39 is 0 Å². The maximum Gasteiger partial charge on any atom is 0.191 e. The standard InChI is InChI=1S/C20H29N5S2.HI/c1-4-21-20(23-14-19-24-15(2)16(3)27-19)22-13-17-5-7-18(8-6-17)25-9-11-26-12-10-25;/h5-8H,4,9-14H2,1-3H3,(H2,21,22,23);1H. The summed E-state index contributed by atoms with van der Waals surface area (Å²) in [7, 11) is 0. The lowest BCUT2D eigenvalue weighted by Gasteiger charge is -2.28. The van der Waals surface area contributed by atoms with Crippen LogP contribution in [0.3, 0.4) is 0 Å². The van der Waals surface area contributed by atoms with E-state index in [1.165, 1.54) is 27.6 Å². The molecule has 1 aromatic heterocycles. The van der Waals surface area contributed by atoms with Crippen molar-refractivity contribution in [3.05, 3.63) is 45.4 Å². The lowest BCUT2D eigenvalue weighted by molar-refractivity contribution is 0.809. The summed E-state index contributed by atoms with van der Waals surface area (Å²) in [5.74, 6) is 3.28. The fourth-order valence-corrected chi connectivity index (χ4v) is 4.70. The van der Waals surface area contributed by atoms with Crippen LogP contribution in [0.1, 0.15) is 28.1 Å². The van der Waals surface area contributed by atoms with Gasteiger partial charge in [0.25, 0.3) is 0 Å². The predicted octanol–water partition coefficient (Wildman–Crippen LogP) is 4.19. The van der Waals surface area contributed by atoms with Crippen LogP contribution in [0.25, 0.3) is 0 Å². The number of nitrogens with one attached hydrogen (secondary N) is 2. The smallest absolute Gasteiger partial charge is 0.191 e. The van der Waals surface area contributed by atoms with Crippen molar-refractivity contribution < 1.29 is 0 Å². The van der Waals surface area contributed by atoms with Gasteiger partial charge in [0.2, 0.25) is 0 Å². The van der Waals surface area contributed by atoms with Gasteiger partial charge < -0.3 is 15.5 Å². The molecule has 1 aromatic carbocycles. The van der Waals surface area contributed by atoms with Crippen molar-refractivity contribution in [2.75, 3.05) is 36.0 Å². The van der Waals surface area contributed by atoms with Crippen molar-refractivity contribution in [3.8, 4) is 0 Å². The van der Waals surface area contributed by atoms with Crippen LogP contribution in [0.2, 0.25) is 0 Å². The molecule has 0 spiro atoms. The summed E-state index contributed by atoms with van der Waals surface area (Å²) in [5.41, 5.74) is 3.66. The molecule has 2 N–H and O–H groups in total. The summed E-state index contributed by atoms with van der Waals surface area (Å²) in [6, 6.07) is 8.83. The zero-order valence-corrected chi connectivity index (χ0v) is 20.8. The third-order valence-corrected chi connectivity index (χ3v) is 6.57. The second-order valence-electron chi connectivity index (χ2n) is 6.56. The van der Waals surface area contributed by atoms with Crippen molar-refractivity contribution in [3.63, 3.8) is 0 Å². The number of rotatable bonds is 6. The molecule has 1 aliphatic rings. The Hall–Kier alpha value is -1.00. The second-order valence-corrected chi connectivity index (χ2v) is 9.08. The van der Waals surface area contributed by atoms with E-state index in [0.717, 1.165) is 36.3 Å². The van der Waals surface area contributed by atoms with Gasteiger partial charge >= 0.3 is 0 Å². The Kier molecular flexibility index (Phi) is 9.87. The fraction of sp³-hybridized carbons (Fsp3) is 0.500. The molecule has 28 heavy (non-hydrogen) atoms. The van der Waals surface area contributed by atoms with Gasteiger partial charge in [-0.25, -0.2) is 9.98 Å². The summed E-state index contributed by atoms with van der Waals surface area (Å²) in [6.45, 7) is 10.8. The van der Waals surface area contributed by atoms with E-state index in [1.54, 1.807) is 11.3 Å². The van der Waals surface area contributed by atoms with Crippen molar-refractivity contribution >= 4 is 58.7 Å². The summed E-state index contributed by atoms with van der Waals surface area (Å²) in [6.07, 6.45) is 0. The molecule has 0 unspecified atom stereocenters. The summed E-state index contributed by atoms with van der Waals surface area (Å²) in [5, 5.41) is 7.80. The first-order valence-corrected chi connectivity index (χ1v) is 11.5. The van der Waals surface area contributed by atoms with Gasteiger partial charge in [0.15, 0.2) is 5.96 Å². The average molecular weight is 532 g/mol. The Bertz CT molecular complexity index is 735. The highest BCUT2D eigenvalue weighted by Gasteiger charge is 2.10. The first-order valence-electron chi connectivity index (χ1n) is 9.52. The Morgan fingerprint density at radius 3 is 2.46 bits per heavy atom. The van der Waals surface area contributed by atoms with Gasteiger partial charge in [0.1, 0.15) is 5.01 Å². The largest absolute Gasteiger partial charge is 0.370 e. The minimum atomic E-state index is 0. The minimum absolute atomic E-state index is 0. The van der Waals surface area contributed by atoms with Gasteiger partial charge in [0.05, 0.1) is 18.8 Å². The van der Waals surface area contributed by atoms with E-state index in [0.29, 0.717) is 13.1 Å². The van der Waals surface area contributed by atoms with Crippen LogP contribution >= 0.6 is 47.1 Å². The molecule has 0 saturated carbocycles. The van der Waals surface area contributed by atoms with E-state index >= 15 is 0 Å². The summed E-state index contributed by atoms with van der Waals surface area (Å²) >= 11 is 3.78. The molecule has 5 nitrogen and oxygen atoms in total. The van der Waals surface area contributed by atoms with E-state index in [4.69, 9.17) is 4.99 Å². The van der Waals surface area contributed by atoms with Gasteiger partial charge in [-0.3, -0.25) is 0 Å². The molecule has 0 amide bonds. The number of halogens is 1. The lowest BCUT2D eigenvalue weighted by atomic mass is 10.2. The topological polar surface area (TPSA) is 52.6 Å². The second kappa shape index (κ2) is 11.9. The summed E-state index contributed by atoms with van der Waals surface area (Å²) in [4.78, 5) is 13.1. The minimum Gasteiger partial charge on any atom is -0.370 e. The molecule has 1 aliphatic heterocycles. The monoisotopic (exact) mass is 531 g/mol. The Labute approximate surface area is 193 Å². The molecule has 3 rings (SSSR count). The van der Waals surface area contributed by atoms with Gasteiger partial charge in [-0.2, -0.15) is 11.8 Å². The number of hydrogen-bond donors (Lipinski definition) is 2. The quantitative estimate of drug-likeness (QED) is 0.333. The highest BCUT2D eigenvalue weighted by atomic mass is 127. The molecule has 0 bridgehead atoms. The molecule has 0 radical (unpaired) electrons. The van der Waals surface area contributed by atoms with Crippen molar-refractivity contribution in [1.82, 2.24) is 15.6 Å². The third-order valence-electron chi connectivity index (χ3n) is 4.56. The maximum absolute atomic E-state index is 4.72. The number of thiazole rings is 1. The molecule has 0 atom stereocenters. The van der Waals surface area contributed by atoms with Crippen LogP contribution in [0.5, 0.6) is 0 Å².